The van der Waals surface area contributed by atoms with Gasteiger partial charge in [-0.1, -0.05) is 6.92 Å². The summed E-state index contributed by atoms with van der Waals surface area (Å²) in [6.45, 7) is 2.91. The molecule has 0 radical (unpaired) electrons. The molecule has 4 nitrogen and oxygen atoms in total. The number of carbonyl (C=O) groups is 1. The molecule has 0 spiro atoms. The molecule has 0 bridgehead atoms. The predicted molar refractivity (Wildman–Crippen MR) is 43.7 cm³/mol. The number of ether oxygens (including phenoxy) is 1. The molecule has 1 unspecified atom stereocenters. The van der Waals surface area contributed by atoms with E-state index in [-0.39, 0.29) is 12.0 Å². The molecule has 1 aliphatic heterocycles. The van der Waals surface area contributed by atoms with Crippen molar-refractivity contribution >= 4 is 5.97 Å². The van der Waals surface area contributed by atoms with Crippen molar-refractivity contribution in [2.24, 2.45) is 0 Å². The Morgan fingerprint density at radius 1 is 1.75 bits per heavy atom. The number of rotatable bonds is 3. The second kappa shape index (κ2) is 4.42. The molecule has 2 N–H and O–H groups in total. The largest absolute Gasteiger partial charge is 0.465 e. The minimum Gasteiger partial charge on any atom is -0.465 e. The van der Waals surface area contributed by atoms with Crippen molar-refractivity contribution in [1.82, 2.24) is 5.32 Å². The van der Waals surface area contributed by atoms with Gasteiger partial charge in [0.05, 0.1) is 12.7 Å². The number of carbonyl (C=O) groups excluding carboxylic acids is 1. The molecular weight excluding hydrogens is 158 g/mol. The zero-order chi connectivity index (χ0) is 8.97. The molecule has 70 valence electrons. The van der Waals surface area contributed by atoms with Gasteiger partial charge in [0.2, 0.25) is 0 Å². The molecule has 2 atom stereocenters. The standard InChI is InChI=1S/C8H15NO3/c1-2-3-12-8(11)7-4-6(10)5-9-7/h6-7,9-10H,2-5H2,1H3/t6?,7-/m0/s1. The second-order valence-corrected chi connectivity index (χ2v) is 3.02. The highest BCUT2D eigenvalue weighted by molar-refractivity contribution is 5.76. The van der Waals surface area contributed by atoms with Gasteiger partial charge < -0.3 is 15.2 Å². The van der Waals surface area contributed by atoms with E-state index in [1.807, 2.05) is 6.92 Å². The van der Waals surface area contributed by atoms with Gasteiger partial charge in [0.1, 0.15) is 6.04 Å². The zero-order valence-corrected chi connectivity index (χ0v) is 7.25. The Bertz CT molecular complexity index is 160. The van der Waals surface area contributed by atoms with Crippen LogP contribution in [0.1, 0.15) is 19.8 Å². The quantitative estimate of drug-likeness (QED) is 0.573. The smallest absolute Gasteiger partial charge is 0.323 e. The topological polar surface area (TPSA) is 58.6 Å². The summed E-state index contributed by atoms with van der Waals surface area (Å²) in [5.74, 6) is -0.242. The third kappa shape index (κ3) is 2.46. The lowest BCUT2D eigenvalue weighted by atomic mass is 10.2. The first-order valence-corrected chi connectivity index (χ1v) is 4.32. The molecule has 1 fully saturated rings. The van der Waals surface area contributed by atoms with Crippen LogP contribution in [0.3, 0.4) is 0 Å². The first-order chi connectivity index (χ1) is 5.74. The Kier molecular flexibility index (Phi) is 3.49. The SMILES string of the molecule is CCCOC(=O)[C@@H]1CC(O)CN1. The molecule has 1 heterocycles. The molecule has 0 aromatic heterocycles. The molecular formula is C8H15NO3. The third-order valence-electron chi connectivity index (χ3n) is 1.84. The number of esters is 1. The highest BCUT2D eigenvalue weighted by Gasteiger charge is 2.28. The van der Waals surface area contributed by atoms with E-state index in [9.17, 15) is 4.79 Å². The summed E-state index contributed by atoms with van der Waals surface area (Å²) in [6, 6.07) is -0.299. The van der Waals surface area contributed by atoms with Crippen molar-refractivity contribution < 1.29 is 14.6 Å². The fourth-order valence-electron chi connectivity index (χ4n) is 1.20. The average molecular weight is 173 g/mol. The van der Waals surface area contributed by atoms with Crippen molar-refractivity contribution in [3.05, 3.63) is 0 Å². The average Bonchev–Trinajstić information content (AvgIpc) is 2.47. The van der Waals surface area contributed by atoms with Crippen LogP contribution in [0.4, 0.5) is 0 Å². The van der Waals surface area contributed by atoms with Crippen LogP contribution >= 0.6 is 0 Å². The summed E-state index contributed by atoms with van der Waals surface area (Å²) < 4.78 is 4.91. The maximum atomic E-state index is 11.2. The first-order valence-electron chi connectivity index (χ1n) is 4.32. The third-order valence-corrected chi connectivity index (χ3v) is 1.84. The van der Waals surface area contributed by atoms with Gasteiger partial charge in [-0.05, 0) is 6.42 Å². The minimum absolute atomic E-state index is 0.242. The van der Waals surface area contributed by atoms with Crippen LogP contribution in [0.2, 0.25) is 0 Å². The highest BCUT2D eigenvalue weighted by atomic mass is 16.5. The van der Waals surface area contributed by atoms with Crippen LogP contribution < -0.4 is 5.32 Å². The number of aliphatic hydroxyl groups excluding tert-OH is 1. The molecule has 0 amide bonds. The second-order valence-electron chi connectivity index (χ2n) is 3.02. The van der Waals surface area contributed by atoms with Gasteiger partial charge in [0, 0.05) is 13.0 Å². The van der Waals surface area contributed by atoms with Crippen molar-refractivity contribution in [2.45, 2.75) is 31.9 Å². The van der Waals surface area contributed by atoms with Gasteiger partial charge in [-0.25, -0.2) is 0 Å². The van der Waals surface area contributed by atoms with Gasteiger partial charge in [0.15, 0.2) is 0 Å². The van der Waals surface area contributed by atoms with Gasteiger partial charge in [-0.2, -0.15) is 0 Å². The Labute approximate surface area is 71.9 Å². The van der Waals surface area contributed by atoms with Crippen LogP contribution in [0.5, 0.6) is 0 Å². The summed E-state index contributed by atoms with van der Waals surface area (Å²) in [4.78, 5) is 11.2. The predicted octanol–water partition coefficient (Wildman–Crippen LogP) is -0.338. The summed E-state index contributed by atoms with van der Waals surface area (Å²) in [7, 11) is 0. The molecule has 0 aliphatic carbocycles. The maximum absolute atomic E-state index is 11.2. The number of hydrogen-bond acceptors (Lipinski definition) is 4. The van der Waals surface area contributed by atoms with E-state index < -0.39 is 6.10 Å². The normalized spacial score (nSPS) is 28.8. The molecule has 0 aromatic rings. The molecule has 0 saturated carbocycles. The Hall–Kier alpha value is -0.610. The molecule has 0 aromatic carbocycles. The van der Waals surface area contributed by atoms with Crippen molar-refractivity contribution in [3.63, 3.8) is 0 Å². The van der Waals surface area contributed by atoms with Crippen molar-refractivity contribution in [1.29, 1.82) is 0 Å². The summed E-state index contributed by atoms with van der Waals surface area (Å²) in [6.07, 6.45) is 0.910. The van der Waals surface area contributed by atoms with E-state index in [0.717, 1.165) is 6.42 Å². The van der Waals surface area contributed by atoms with Crippen LogP contribution in [0.25, 0.3) is 0 Å². The van der Waals surface area contributed by atoms with E-state index in [4.69, 9.17) is 9.84 Å². The zero-order valence-electron chi connectivity index (χ0n) is 7.25. The number of aliphatic hydroxyl groups is 1. The summed E-state index contributed by atoms with van der Waals surface area (Å²) in [5.41, 5.74) is 0. The van der Waals surface area contributed by atoms with Crippen LogP contribution in [-0.4, -0.2) is 36.4 Å². The summed E-state index contributed by atoms with van der Waals surface area (Å²) in [5, 5.41) is 12.0. The van der Waals surface area contributed by atoms with E-state index in [1.54, 1.807) is 0 Å². The molecule has 4 heteroatoms. The van der Waals surface area contributed by atoms with Gasteiger partial charge in [-0.15, -0.1) is 0 Å². The maximum Gasteiger partial charge on any atom is 0.323 e. The van der Waals surface area contributed by atoms with Gasteiger partial charge in [0.25, 0.3) is 0 Å². The van der Waals surface area contributed by atoms with E-state index >= 15 is 0 Å². The minimum atomic E-state index is -0.399. The lowest BCUT2D eigenvalue weighted by Gasteiger charge is -2.08. The van der Waals surface area contributed by atoms with Crippen molar-refractivity contribution in [3.8, 4) is 0 Å². The first kappa shape index (κ1) is 9.48. The lowest BCUT2D eigenvalue weighted by Crippen LogP contribution is -2.32. The Morgan fingerprint density at radius 3 is 3.00 bits per heavy atom. The van der Waals surface area contributed by atoms with Crippen LogP contribution in [0.15, 0.2) is 0 Å². The van der Waals surface area contributed by atoms with E-state index in [2.05, 4.69) is 5.32 Å². The van der Waals surface area contributed by atoms with E-state index in [0.29, 0.717) is 19.6 Å². The fourth-order valence-corrected chi connectivity index (χ4v) is 1.20. The lowest BCUT2D eigenvalue weighted by molar-refractivity contribution is -0.145. The van der Waals surface area contributed by atoms with Gasteiger partial charge in [-0.3, -0.25) is 4.79 Å². The van der Waals surface area contributed by atoms with Crippen LogP contribution in [0, 0.1) is 0 Å². The Balaban J connectivity index is 2.23. The number of β-amino-alcohol motifs (C(OH)–C–C–N with tert-alkyl or cyclic N) is 1. The van der Waals surface area contributed by atoms with Crippen molar-refractivity contribution in [2.75, 3.05) is 13.2 Å². The number of hydrogen-bond donors (Lipinski definition) is 2. The molecule has 1 aliphatic rings. The number of nitrogens with one attached hydrogen (secondary N) is 1. The molecule has 12 heavy (non-hydrogen) atoms. The Morgan fingerprint density at radius 2 is 2.50 bits per heavy atom. The highest BCUT2D eigenvalue weighted by Crippen LogP contribution is 2.07. The van der Waals surface area contributed by atoms with Gasteiger partial charge >= 0.3 is 5.97 Å². The monoisotopic (exact) mass is 173 g/mol. The van der Waals surface area contributed by atoms with E-state index in [1.165, 1.54) is 0 Å². The summed E-state index contributed by atoms with van der Waals surface area (Å²) >= 11 is 0. The fraction of sp³-hybridized carbons (Fsp3) is 0.875. The molecule has 1 rings (SSSR count). The molecule has 1 saturated heterocycles. The van der Waals surface area contributed by atoms with Crippen LogP contribution in [-0.2, 0) is 9.53 Å².